The average Bonchev–Trinajstić information content (AvgIpc) is 3.16. The fourth-order valence-electron chi connectivity index (χ4n) is 2.67. The van der Waals surface area contributed by atoms with E-state index >= 15 is 0 Å². The molecular formula is C17H23N7O3. The first-order valence-electron chi connectivity index (χ1n) is 8.76. The molecule has 2 aromatic heterocycles. The number of pyridine rings is 1. The third kappa shape index (κ3) is 4.99. The highest BCUT2D eigenvalue weighted by Crippen LogP contribution is 2.13. The van der Waals surface area contributed by atoms with Crippen LogP contribution in [0.5, 0.6) is 0 Å². The lowest BCUT2D eigenvalue weighted by Gasteiger charge is -2.35. The number of piperazine rings is 1. The van der Waals surface area contributed by atoms with Crippen molar-refractivity contribution in [2.75, 3.05) is 26.2 Å². The van der Waals surface area contributed by atoms with Crippen molar-refractivity contribution in [3.63, 3.8) is 0 Å². The van der Waals surface area contributed by atoms with E-state index in [2.05, 4.69) is 20.5 Å². The zero-order chi connectivity index (χ0) is 19.4. The summed E-state index contributed by atoms with van der Waals surface area (Å²) in [7, 11) is 0. The largest absolute Gasteiger partial charge is 0.444 e. The number of tetrazole rings is 1. The second kappa shape index (κ2) is 7.68. The Labute approximate surface area is 157 Å². The number of amides is 2. The summed E-state index contributed by atoms with van der Waals surface area (Å²) in [6, 6.07) is 3.60. The maximum atomic E-state index is 12.5. The maximum absolute atomic E-state index is 12.5. The highest BCUT2D eigenvalue weighted by Gasteiger charge is 2.27. The van der Waals surface area contributed by atoms with Crippen LogP contribution in [-0.4, -0.2) is 78.8 Å². The van der Waals surface area contributed by atoms with Crippen LogP contribution in [0.2, 0.25) is 0 Å². The van der Waals surface area contributed by atoms with Gasteiger partial charge in [-0.25, -0.2) is 9.78 Å². The molecule has 3 heterocycles. The summed E-state index contributed by atoms with van der Waals surface area (Å²) in [4.78, 5) is 32.3. The second-order valence-corrected chi connectivity index (χ2v) is 7.30. The van der Waals surface area contributed by atoms with Crippen LogP contribution in [0, 0.1) is 0 Å². The van der Waals surface area contributed by atoms with Crippen LogP contribution in [0.3, 0.4) is 0 Å². The van der Waals surface area contributed by atoms with E-state index in [-0.39, 0.29) is 18.4 Å². The minimum Gasteiger partial charge on any atom is -0.444 e. The van der Waals surface area contributed by atoms with E-state index in [1.807, 2.05) is 26.8 Å². The first-order valence-corrected chi connectivity index (χ1v) is 8.76. The second-order valence-electron chi connectivity index (χ2n) is 7.30. The van der Waals surface area contributed by atoms with Crippen LogP contribution < -0.4 is 0 Å². The van der Waals surface area contributed by atoms with Gasteiger partial charge in [-0.2, -0.15) is 4.68 Å². The van der Waals surface area contributed by atoms with Crippen molar-refractivity contribution in [3.8, 4) is 5.82 Å². The molecule has 1 aliphatic heterocycles. The number of carbonyl (C=O) groups excluding carboxylic acids is 2. The van der Waals surface area contributed by atoms with Crippen molar-refractivity contribution < 1.29 is 14.3 Å². The molecule has 0 radical (unpaired) electrons. The molecule has 144 valence electrons. The van der Waals surface area contributed by atoms with Crippen LogP contribution in [-0.2, 0) is 16.0 Å². The monoisotopic (exact) mass is 373 g/mol. The number of hydrogen-bond acceptors (Lipinski definition) is 7. The van der Waals surface area contributed by atoms with Gasteiger partial charge in [-0.1, -0.05) is 6.07 Å². The molecule has 10 heteroatoms. The van der Waals surface area contributed by atoms with Crippen LogP contribution in [0.15, 0.2) is 24.7 Å². The van der Waals surface area contributed by atoms with E-state index in [1.165, 1.54) is 11.0 Å². The molecule has 0 N–H and O–H groups in total. The summed E-state index contributed by atoms with van der Waals surface area (Å²) in [6.07, 6.45) is 3.02. The predicted octanol–water partition coefficient (Wildman–Crippen LogP) is 0.679. The molecule has 0 unspecified atom stereocenters. The lowest BCUT2D eigenvalue weighted by molar-refractivity contribution is -0.132. The van der Waals surface area contributed by atoms with Crippen LogP contribution in [0.4, 0.5) is 4.79 Å². The Kier molecular flexibility index (Phi) is 5.33. The highest BCUT2D eigenvalue weighted by atomic mass is 16.6. The molecule has 3 rings (SSSR count). The van der Waals surface area contributed by atoms with Gasteiger partial charge in [0.05, 0.1) is 6.42 Å². The maximum Gasteiger partial charge on any atom is 0.410 e. The number of rotatable bonds is 3. The third-order valence-electron chi connectivity index (χ3n) is 4.03. The Bertz CT molecular complexity index is 776. The number of ether oxygens (including phenoxy) is 1. The summed E-state index contributed by atoms with van der Waals surface area (Å²) in [5, 5.41) is 10.9. The van der Waals surface area contributed by atoms with Crippen molar-refractivity contribution in [2.24, 2.45) is 0 Å². The minimum atomic E-state index is -0.522. The Balaban J connectivity index is 1.50. The fraction of sp³-hybridized carbons (Fsp3) is 0.529. The van der Waals surface area contributed by atoms with Gasteiger partial charge in [0.15, 0.2) is 5.82 Å². The van der Waals surface area contributed by atoms with Gasteiger partial charge in [-0.05, 0) is 42.8 Å². The zero-order valence-corrected chi connectivity index (χ0v) is 15.7. The van der Waals surface area contributed by atoms with Crippen LogP contribution in [0.25, 0.3) is 5.82 Å². The van der Waals surface area contributed by atoms with Gasteiger partial charge in [-0.15, -0.1) is 5.10 Å². The predicted molar refractivity (Wildman–Crippen MR) is 95.0 cm³/mol. The molecule has 2 aromatic rings. The normalized spacial score (nSPS) is 14.9. The Morgan fingerprint density at radius 3 is 2.37 bits per heavy atom. The molecule has 1 saturated heterocycles. The molecule has 1 aliphatic rings. The molecule has 27 heavy (non-hydrogen) atoms. The average molecular weight is 373 g/mol. The van der Waals surface area contributed by atoms with Crippen LogP contribution >= 0.6 is 0 Å². The SMILES string of the molecule is CC(C)(C)OC(=O)N1CCN(C(=O)Cc2ccc(-n3cnnn3)nc2)CC1. The van der Waals surface area contributed by atoms with Crippen molar-refractivity contribution >= 4 is 12.0 Å². The van der Waals surface area contributed by atoms with Crippen molar-refractivity contribution in [1.29, 1.82) is 0 Å². The summed E-state index contributed by atoms with van der Waals surface area (Å²) < 4.78 is 6.82. The van der Waals surface area contributed by atoms with E-state index in [0.29, 0.717) is 32.0 Å². The quantitative estimate of drug-likeness (QED) is 0.779. The van der Waals surface area contributed by atoms with Gasteiger partial charge in [-0.3, -0.25) is 4.79 Å². The molecule has 0 aromatic carbocycles. The summed E-state index contributed by atoms with van der Waals surface area (Å²) in [5.74, 6) is 0.595. The first-order chi connectivity index (χ1) is 12.8. The molecule has 0 bridgehead atoms. The molecular weight excluding hydrogens is 350 g/mol. The highest BCUT2D eigenvalue weighted by molar-refractivity contribution is 5.79. The number of hydrogen-bond donors (Lipinski definition) is 0. The Morgan fingerprint density at radius 1 is 1.11 bits per heavy atom. The standard InChI is InChI=1S/C17H23N7O3/c1-17(2,3)27-16(26)23-8-6-22(7-9-23)15(25)10-13-4-5-14(18-11-13)24-12-19-20-21-24/h4-5,11-12H,6-10H2,1-3H3. The van der Waals surface area contributed by atoms with Gasteiger partial charge in [0.25, 0.3) is 0 Å². The van der Waals surface area contributed by atoms with E-state index in [0.717, 1.165) is 5.56 Å². The Hall–Kier alpha value is -3.04. The molecule has 0 aliphatic carbocycles. The van der Waals surface area contributed by atoms with Gasteiger partial charge in [0, 0.05) is 32.4 Å². The van der Waals surface area contributed by atoms with E-state index in [9.17, 15) is 9.59 Å². The molecule has 0 saturated carbocycles. The summed E-state index contributed by atoms with van der Waals surface area (Å²) in [5.41, 5.74) is 0.289. The molecule has 0 atom stereocenters. The zero-order valence-electron chi connectivity index (χ0n) is 15.7. The molecule has 0 spiro atoms. The lowest BCUT2D eigenvalue weighted by Crippen LogP contribution is -2.52. The van der Waals surface area contributed by atoms with Crippen molar-refractivity contribution in [1.82, 2.24) is 35.0 Å². The van der Waals surface area contributed by atoms with Crippen LogP contribution in [0.1, 0.15) is 26.3 Å². The fourth-order valence-corrected chi connectivity index (χ4v) is 2.67. The summed E-state index contributed by atoms with van der Waals surface area (Å²) >= 11 is 0. The van der Waals surface area contributed by atoms with Crippen molar-refractivity contribution in [2.45, 2.75) is 32.8 Å². The number of carbonyl (C=O) groups is 2. The van der Waals surface area contributed by atoms with Gasteiger partial charge < -0.3 is 14.5 Å². The number of aromatic nitrogens is 5. The minimum absolute atomic E-state index is 0.0100. The van der Waals surface area contributed by atoms with E-state index in [1.54, 1.807) is 22.1 Å². The van der Waals surface area contributed by atoms with E-state index in [4.69, 9.17) is 4.74 Å². The molecule has 1 fully saturated rings. The van der Waals surface area contributed by atoms with Gasteiger partial charge >= 0.3 is 6.09 Å². The summed E-state index contributed by atoms with van der Waals surface area (Å²) in [6.45, 7) is 7.44. The molecule has 2 amide bonds. The molecule has 10 nitrogen and oxygen atoms in total. The van der Waals surface area contributed by atoms with Crippen molar-refractivity contribution in [3.05, 3.63) is 30.2 Å². The van der Waals surface area contributed by atoms with E-state index < -0.39 is 5.60 Å². The first kappa shape index (κ1) is 18.7. The number of nitrogens with zero attached hydrogens (tertiary/aromatic N) is 7. The van der Waals surface area contributed by atoms with Gasteiger partial charge in [0.2, 0.25) is 5.91 Å². The smallest absolute Gasteiger partial charge is 0.410 e. The topological polar surface area (TPSA) is 106 Å². The van der Waals surface area contributed by atoms with Gasteiger partial charge in [0.1, 0.15) is 11.9 Å². The third-order valence-corrected chi connectivity index (χ3v) is 4.03. The lowest BCUT2D eigenvalue weighted by atomic mass is 10.2. The Morgan fingerprint density at radius 2 is 1.81 bits per heavy atom.